The second-order valence-corrected chi connectivity index (χ2v) is 11.2. The van der Waals surface area contributed by atoms with Gasteiger partial charge in [0.2, 0.25) is 10.0 Å². The molecule has 2 aromatic heterocycles. The summed E-state index contributed by atoms with van der Waals surface area (Å²) >= 11 is 0. The van der Waals surface area contributed by atoms with Gasteiger partial charge in [-0.15, -0.1) is 0 Å². The molecule has 2 heterocycles. The highest BCUT2D eigenvalue weighted by molar-refractivity contribution is 7.89. The highest BCUT2D eigenvalue weighted by atomic mass is 32.2. The van der Waals surface area contributed by atoms with Crippen LogP contribution in [0.4, 0.5) is 0 Å². The van der Waals surface area contributed by atoms with Crippen molar-refractivity contribution >= 4 is 37.9 Å². The van der Waals surface area contributed by atoms with Crippen molar-refractivity contribution in [3.63, 3.8) is 0 Å². The Labute approximate surface area is 225 Å². The van der Waals surface area contributed by atoms with Crippen LogP contribution in [-0.4, -0.2) is 25.4 Å². The summed E-state index contributed by atoms with van der Waals surface area (Å²) < 4.78 is 40.3. The van der Waals surface area contributed by atoms with Crippen molar-refractivity contribution in [1.82, 2.24) is 9.71 Å². The lowest BCUT2D eigenvalue weighted by Gasteiger charge is -2.19. The second-order valence-electron chi connectivity index (χ2n) is 9.53. The number of sulfonamides is 1. The number of rotatable bonds is 8. The number of aromatic amines is 1. The highest BCUT2D eigenvalue weighted by Crippen LogP contribution is 2.29. The van der Waals surface area contributed by atoms with E-state index in [4.69, 9.17) is 9.15 Å². The smallest absolute Gasteiger partial charge is 0.336 e. The van der Waals surface area contributed by atoms with Crippen molar-refractivity contribution in [3.05, 3.63) is 106 Å². The number of hydrogen-bond acceptors (Lipinski definition) is 6. The standard InChI is InChI=1S/C30H28N2O6S/c1-4-20-14-24-19(3)13-29(33)37-28(24)16-27(20)38-30(34)26(15-21-17-31-25-8-6-5-7-23(21)25)32-39(35,36)22-11-9-18(2)10-12-22/h5-14,16-17,26,31-32H,4,15H2,1-3H3/t26-/m1/s1. The van der Waals surface area contributed by atoms with Crippen molar-refractivity contribution in [2.75, 3.05) is 0 Å². The topological polar surface area (TPSA) is 118 Å². The van der Waals surface area contributed by atoms with E-state index in [2.05, 4.69) is 9.71 Å². The molecule has 0 unspecified atom stereocenters. The number of carbonyl (C=O) groups is 1. The number of hydrogen-bond donors (Lipinski definition) is 2. The van der Waals surface area contributed by atoms with E-state index in [0.29, 0.717) is 6.42 Å². The fourth-order valence-electron chi connectivity index (χ4n) is 4.61. The molecular weight excluding hydrogens is 516 g/mol. The van der Waals surface area contributed by atoms with Gasteiger partial charge in [-0.2, -0.15) is 4.72 Å². The monoisotopic (exact) mass is 544 g/mol. The Hall–Kier alpha value is -4.21. The number of benzene rings is 3. The zero-order valence-corrected chi connectivity index (χ0v) is 22.6. The highest BCUT2D eigenvalue weighted by Gasteiger charge is 2.29. The van der Waals surface area contributed by atoms with E-state index >= 15 is 0 Å². The van der Waals surface area contributed by atoms with Crippen LogP contribution in [0.15, 0.2) is 87.0 Å². The molecule has 0 aliphatic heterocycles. The zero-order chi connectivity index (χ0) is 27.7. The maximum absolute atomic E-state index is 13.6. The summed E-state index contributed by atoms with van der Waals surface area (Å²) in [6.45, 7) is 5.58. The van der Waals surface area contributed by atoms with Gasteiger partial charge in [-0.3, -0.25) is 0 Å². The van der Waals surface area contributed by atoms with E-state index in [9.17, 15) is 18.0 Å². The summed E-state index contributed by atoms with van der Waals surface area (Å²) in [7, 11) is -4.05. The molecule has 8 nitrogen and oxygen atoms in total. The average molecular weight is 545 g/mol. The Morgan fingerprint density at radius 3 is 2.49 bits per heavy atom. The number of esters is 1. The SMILES string of the molecule is CCc1cc2c(C)cc(=O)oc2cc1OC(=O)[C@@H](Cc1c[nH]c2ccccc12)NS(=O)(=O)c1ccc(C)cc1. The van der Waals surface area contributed by atoms with Crippen LogP contribution in [0.1, 0.15) is 29.2 Å². The molecule has 2 N–H and O–H groups in total. The number of H-pyrrole nitrogens is 1. The Kier molecular flexibility index (Phi) is 7.12. The Morgan fingerprint density at radius 1 is 1.00 bits per heavy atom. The molecular formula is C30H28N2O6S. The third kappa shape index (κ3) is 5.50. The lowest BCUT2D eigenvalue weighted by atomic mass is 10.0. The van der Waals surface area contributed by atoms with Crippen molar-refractivity contribution in [2.45, 2.75) is 44.6 Å². The third-order valence-electron chi connectivity index (χ3n) is 6.74. The van der Waals surface area contributed by atoms with Gasteiger partial charge in [0.25, 0.3) is 0 Å². The van der Waals surface area contributed by atoms with Gasteiger partial charge >= 0.3 is 11.6 Å². The molecule has 5 aromatic rings. The predicted molar refractivity (Wildman–Crippen MR) is 150 cm³/mol. The molecule has 0 aliphatic rings. The molecule has 0 fully saturated rings. The maximum atomic E-state index is 13.6. The zero-order valence-electron chi connectivity index (χ0n) is 21.8. The predicted octanol–water partition coefficient (Wildman–Crippen LogP) is 4.95. The molecule has 0 spiro atoms. The minimum absolute atomic E-state index is 0.0435. The Balaban J connectivity index is 1.52. The number of para-hydroxylation sites is 1. The first-order valence-electron chi connectivity index (χ1n) is 12.6. The van der Waals surface area contributed by atoms with Gasteiger partial charge in [0.15, 0.2) is 0 Å². The van der Waals surface area contributed by atoms with Crippen LogP contribution >= 0.6 is 0 Å². The van der Waals surface area contributed by atoms with Crippen molar-refractivity contribution in [3.8, 4) is 5.75 Å². The number of fused-ring (bicyclic) bond motifs is 2. The first kappa shape index (κ1) is 26.4. The quantitative estimate of drug-likeness (QED) is 0.162. The molecule has 0 bridgehead atoms. The summed E-state index contributed by atoms with van der Waals surface area (Å²) in [6.07, 6.45) is 2.35. The van der Waals surface area contributed by atoms with E-state index in [1.165, 1.54) is 24.3 Å². The maximum Gasteiger partial charge on any atom is 0.336 e. The van der Waals surface area contributed by atoms with Crippen LogP contribution in [0, 0.1) is 13.8 Å². The van der Waals surface area contributed by atoms with E-state index in [-0.39, 0.29) is 22.6 Å². The summed E-state index contributed by atoms with van der Waals surface area (Å²) in [6, 6.07) is 17.5. The van der Waals surface area contributed by atoms with Gasteiger partial charge in [-0.05, 0) is 61.2 Å². The van der Waals surface area contributed by atoms with Crippen molar-refractivity contribution in [1.29, 1.82) is 0 Å². The molecule has 9 heteroatoms. The second kappa shape index (κ2) is 10.5. The van der Waals surface area contributed by atoms with Gasteiger partial charge < -0.3 is 14.1 Å². The largest absolute Gasteiger partial charge is 0.425 e. The number of carbonyl (C=O) groups excluding carboxylic acids is 1. The van der Waals surface area contributed by atoms with Gasteiger partial charge in [0.05, 0.1) is 4.90 Å². The number of nitrogens with one attached hydrogen (secondary N) is 2. The Bertz CT molecular complexity index is 1850. The molecule has 5 rings (SSSR count). The fourth-order valence-corrected chi connectivity index (χ4v) is 5.79. The number of aryl methyl sites for hydroxylation is 3. The molecule has 3 aromatic carbocycles. The van der Waals surface area contributed by atoms with Crippen molar-refractivity contribution < 1.29 is 22.4 Å². The van der Waals surface area contributed by atoms with E-state index in [0.717, 1.165) is 38.5 Å². The number of aromatic nitrogens is 1. The average Bonchev–Trinajstić information content (AvgIpc) is 3.31. The van der Waals surface area contributed by atoms with Crippen LogP contribution in [0.25, 0.3) is 21.9 Å². The molecule has 39 heavy (non-hydrogen) atoms. The summed E-state index contributed by atoms with van der Waals surface area (Å²) in [5, 5.41) is 1.61. The van der Waals surface area contributed by atoms with Crippen LogP contribution < -0.4 is 15.1 Å². The number of ether oxygens (including phenoxy) is 1. The van der Waals surface area contributed by atoms with Crippen LogP contribution in [0.2, 0.25) is 0 Å². The minimum atomic E-state index is -4.05. The molecule has 0 amide bonds. The lowest BCUT2D eigenvalue weighted by Crippen LogP contribution is -2.44. The van der Waals surface area contributed by atoms with Crippen LogP contribution in [0.5, 0.6) is 5.75 Å². The van der Waals surface area contributed by atoms with E-state index < -0.39 is 27.7 Å². The van der Waals surface area contributed by atoms with Gasteiger partial charge in [-0.25, -0.2) is 18.0 Å². The first-order chi connectivity index (χ1) is 18.6. The summed E-state index contributed by atoms with van der Waals surface area (Å²) in [5.41, 5.74) is 3.79. The van der Waals surface area contributed by atoms with Crippen LogP contribution in [0.3, 0.4) is 0 Å². The fraction of sp³-hybridized carbons (Fsp3) is 0.200. The summed E-state index contributed by atoms with van der Waals surface area (Å²) in [5.74, 6) is -0.567. The Morgan fingerprint density at radius 2 is 1.74 bits per heavy atom. The molecule has 200 valence electrons. The third-order valence-corrected chi connectivity index (χ3v) is 8.22. The van der Waals surface area contributed by atoms with E-state index in [1.54, 1.807) is 18.3 Å². The summed E-state index contributed by atoms with van der Waals surface area (Å²) in [4.78, 5) is 28.8. The molecule has 0 saturated carbocycles. The molecule has 0 aliphatic carbocycles. The first-order valence-corrected chi connectivity index (χ1v) is 14.1. The van der Waals surface area contributed by atoms with Gasteiger partial charge in [0, 0.05) is 41.0 Å². The van der Waals surface area contributed by atoms with E-state index in [1.807, 2.05) is 51.1 Å². The normalized spacial score (nSPS) is 12.6. The minimum Gasteiger partial charge on any atom is -0.425 e. The van der Waals surface area contributed by atoms with Crippen molar-refractivity contribution in [2.24, 2.45) is 0 Å². The van der Waals surface area contributed by atoms with Crippen LogP contribution in [-0.2, 0) is 27.7 Å². The molecule has 0 radical (unpaired) electrons. The lowest BCUT2D eigenvalue weighted by molar-refractivity contribution is -0.136. The molecule has 0 saturated heterocycles. The molecule has 1 atom stereocenters. The van der Waals surface area contributed by atoms with Gasteiger partial charge in [0.1, 0.15) is 17.4 Å². The van der Waals surface area contributed by atoms with Gasteiger partial charge in [-0.1, -0.05) is 42.8 Å².